The maximum Gasteiger partial charge on any atom is 0.306 e. The van der Waals surface area contributed by atoms with Crippen LogP contribution in [0.25, 0.3) is 0 Å². The average Bonchev–Trinajstić information content (AvgIpc) is 3.39. The third kappa shape index (κ3) is 60.4. The molecule has 0 amide bonds. The Morgan fingerprint density at radius 1 is 0.274 bits per heavy atom. The second-order valence-corrected chi connectivity index (χ2v) is 22.0. The van der Waals surface area contributed by atoms with Gasteiger partial charge in [0.25, 0.3) is 0 Å². The van der Waals surface area contributed by atoms with Crippen LogP contribution in [0, 0.1) is 0 Å². The smallest absolute Gasteiger partial charge is 0.306 e. The van der Waals surface area contributed by atoms with Gasteiger partial charge in [-0.1, -0.05) is 295 Å². The van der Waals surface area contributed by atoms with Crippen LogP contribution in [0.2, 0.25) is 0 Å². The SMILES string of the molecule is CCCCC/C=C\C/C=C\CCCCCCCC(=O)OCC(COC(=O)CCCCCCCCCCCCCCCCCCCCCCCC)OC(=O)CCCCCCCCC/C=C\CCCCCCCCC. The third-order valence-electron chi connectivity index (χ3n) is 14.6. The van der Waals surface area contributed by atoms with Crippen molar-refractivity contribution in [1.82, 2.24) is 0 Å². The summed E-state index contributed by atoms with van der Waals surface area (Å²) in [6.45, 7) is 6.66. The number of hydrogen-bond acceptors (Lipinski definition) is 6. The van der Waals surface area contributed by atoms with Crippen molar-refractivity contribution < 1.29 is 28.6 Å². The number of hydrogen-bond donors (Lipinski definition) is 0. The summed E-state index contributed by atoms with van der Waals surface area (Å²) in [6.07, 6.45) is 75.8. The predicted molar refractivity (Wildman–Crippen MR) is 316 cm³/mol. The Morgan fingerprint density at radius 3 is 0.795 bits per heavy atom. The van der Waals surface area contributed by atoms with Crippen LogP contribution < -0.4 is 0 Å². The molecule has 0 radical (unpaired) electrons. The van der Waals surface area contributed by atoms with E-state index in [-0.39, 0.29) is 31.1 Å². The second kappa shape index (κ2) is 62.2. The maximum atomic E-state index is 12.9. The fourth-order valence-corrected chi connectivity index (χ4v) is 9.71. The fourth-order valence-electron chi connectivity index (χ4n) is 9.71. The van der Waals surface area contributed by atoms with Gasteiger partial charge in [0.05, 0.1) is 0 Å². The Bertz CT molecular complexity index is 1220. The molecular weight excluding hydrogens is 901 g/mol. The molecule has 0 aromatic heterocycles. The van der Waals surface area contributed by atoms with E-state index in [0.717, 1.165) is 77.0 Å². The van der Waals surface area contributed by atoms with Gasteiger partial charge >= 0.3 is 17.9 Å². The highest BCUT2D eigenvalue weighted by Crippen LogP contribution is 2.18. The van der Waals surface area contributed by atoms with Gasteiger partial charge in [-0.3, -0.25) is 14.4 Å². The lowest BCUT2D eigenvalue weighted by atomic mass is 10.0. The Labute approximate surface area is 455 Å². The summed E-state index contributed by atoms with van der Waals surface area (Å²) in [7, 11) is 0. The molecule has 0 aromatic rings. The van der Waals surface area contributed by atoms with Crippen LogP contribution >= 0.6 is 0 Å². The number of carbonyl (C=O) groups excluding carboxylic acids is 3. The van der Waals surface area contributed by atoms with Crippen LogP contribution in [0.1, 0.15) is 355 Å². The van der Waals surface area contributed by atoms with Crippen LogP contribution in [0.3, 0.4) is 0 Å². The van der Waals surface area contributed by atoms with E-state index in [2.05, 4.69) is 57.2 Å². The van der Waals surface area contributed by atoms with Crippen LogP contribution in [0.15, 0.2) is 36.5 Å². The normalized spacial score (nSPS) is 12.2. The van der Waals surface area contributed by atoms with Gasteiger partial charge < -0.3 is 14.2 Å². The molecular formula is C67H124O6. The van der Waals surface area contributed by atoms with E-state index in [0.29, 0.717) is 19.3 Å². The van der Waals surface area contributed by atoms with Gasteiger partial charge in [-0.25, -0.2) is 0 Å². The zero-order valence-corrected chi connectivity index (χ0v) is 49.2. The summed E-state index contributed by atoms with van der Waals surface area (Å²) in [5, 5.41) is 0. The van der Waals surface area contributed by atoms with Crippen LogP contribution in [-0.4, -0.2) is 37.2 Å². The van der Waals surface area contributed by atoms with Crippen molar-refractivity contribution in [3.63, 3.8) is 0 Å². The molecule has 0 aromatic carbocycles. The van der Waals surface area contributed by atoms with Crippen molar-refractivity contribution in [3.05, 3.63) is 36.5 Å². The predicted octanol–water partition coefficient (Wildman–Crippen LogP) is 22.0. The molecule has 0 aliphatic carbocycles. The number of rotatable bonds is 60. The van der Waals surface area contributed by atoms with E-state index in [1.54, 1.807) is 0 Å². The topological polar surface area (TPSA) is 78.9 Å². The Hall–Kier alpha value is -2.37. The van der Waals surface area contributed by atoms with E-state index < -0.39 is 6.10 Å². The summed E-state index contributed by atoms with van der Waals surface area (Å²) in [5.74, 6) is -0.869. The van der Waals surface area contributed by atoms with Crippen molar-refractivity contribution in [3.8, 4) is 0 Å². The molecule has 0 rings (SSSR count). The summed E-state index contributed by atoms with van der Waals surface area (Å²) >= 11 is 0. The first-order chi connectivity index (χ1) is 36.0. The molecule has 0 spiro atoms. The van der Waals surface area contributed by atoms with E-state index in [9.17, 15) is 14.4 Å². The second-order valence-electron chi connectivity index (χ2n) is 22.0. The lowest BCUT2D eigenvalue weighted by molar-refractivity contribution is -0.167. The first-order valence-electron chi connectivity index (χ1n) is 32.5. The van der Waals surface area contributed by atoms with Gasteiger partial charge in [-0.15, -0.1) is 0 Å². The standard InChI is InChI=1S/C67H124O6/c1-4-7-10-13-16-19-22-25-28-30-32-33-34-35-37-39-42-45-48-51-54-57-60-66(69)72-63-64(62-71-65(68)59-56-53-50-47-44-41-38-27-24-21-18-15-12-9-6-3)73-67(70)61-58-55-52-49-46-43-40-36-31-29-26-23-20-17-14-11-8-5-2/h18,21,27,29,31,38,64H,4-17,19-20,22-26,28,30,32-37,39-63H2,1-3H3/b21-18-,31-29-,38-27-. The van der Waals surface area contributed by atoms with Crippen LogP contribution in [-0.2, 0) is 28.6 Å². The van der Waals surface area contributed by atoms with Crippen LogP contribution in [0.5, 0.6) is 0 Å². The largest absolute Gasteiger partial charge is 0.462 e. The Morgan fingerprint density at radius 2 is 0.493 bits per heavy atom. The number of allylic oxidation sites excluding steroid dienone is 6. The van der Waals surface area contributed by atoms with Gasteiger partial charge in [0, 0.05) is 19.3 Å². The van der Waals surface area contributed by atoms with Gasteiger partial charge in [0.2, 0.25) is 0 Å². The van der Waals surface area contributed by atoms with Crippen molar-refractivity contribution in [2.75, 3.05) is 13.2 Å². The van der Waals surface area contributed by atoms with Gasteiger partial charge in [0.15, 0.2) is 6.10 Å². The minimum atomic E-state index is -0.779. The Balaban J connectivity index is 4.31. The minimum Gasteiger partial charge on any atom is -0.462 e. The van der Waals surface area contributed by atoms with E-state index in [4.69, 9.17) is 14.2 Å². The molecule has 1 atom stereocenters. The molecule has 0 heterocycles. The molecule has 0 aliphatic rings. The number of unbranched alkanes of at least 4 members (excludes halogenated alkanes) is 43. The first kappa shape index (κ1) is 70.6. The molecule has 0 fully saturated rings. The summed E-state index contributed by atoms with van der Waals surface area (Å²) < 4.78 is 16.9. The Kier molecular flexibility index (Phi) is 60.2. The monoisotopic (exact) mass is 1020 g/mol. The molecule has 6 heteroatoms. The first-order valence-corrected chi connectivity index (χ1v) is 32.5. The van der Waals surface area contributed by atoms with E-state index in [1.807, 2.05) is 0 Å². The molecule has 0 bridgehead atoms. The summed E-state index contributed by atoms with van der Waals surface area (Å²) in [5.41, 5.74) is 0. The van der Waals surface area contributed by atoms with Gasteiger partial charge in [-0.05, 0) is 77.0 Å². The lowest BCUT2D eigenvalue weighted by Gasteiger charge is -2.18. The van der Waals surface area contributed by atoms with Crippen LogP contribution in [0.4, 0.5) is 0 Å². The molecule has 1 unspecified atom stereocenters. The number of ether oxygens (including phenoxy) is 3. The molecule has 0 aliphatic heterocycles. The fraction of sp³-hybridized carbons (Fsp3) is 0.866. The van der Waals surface area contributed by atoms with Gasteiger partial charge in [-0.2, -0.15) is 0 Å². The average molecular weight is 1030 g/mol. The lowest BCUT2D eigenvalue weighted by Crippen LogP contribution is -2.30. The molecule has 0 N–H and O–H groups in total. The summed E-state index contributed by atoms with van der Waals surface area (Å²) in [6, 6.07) is 0. The molecule has 0 saturated heterocycles. The van der Waals surface area contributed by atoms with Crippen molar-refractivity contribution in [2.24, 2.45) is 0 Å². The number of esters is 3. The summed E-state index contributed by atoms with van der Waals surface area (Å²) in [4.78, 5) is 38.3. The highest BCUT2D eigenvalue weighted by atomic mass is 16.6. The maximum absolute atomic E-state index is 12.9. The third-order valence-corrected chi connectivity index (χ3v) is 14.6. The van der Waals surface area contributed by atoms with E-state index >= 15 is 0 Å². The number of carbonyl (C=O) groups is 3. The molecule has 73 heavy (non-hydrogen) atoms. The van der Waals surface area contributed by atoms with E-state index in [1.165, 1.54) is 238 Å². The minimum absolute atomic E-state index is 0.0742. The van der Waals surface area contributed by atoms with Crippen molar-refractivity contribution in [1.29, 1.82) is 0 Å². The van der Waals surface area contributed by atoms with Gasteiger partial charge in [0.1, 0.15) is 13.2 Å². The molecule has 6 nitrogen and oxygen atoms in total. The quantitative estimate of drug-likeness (QED) is 0.0261. The molecule has 0 saturated carbocycles. The zero-order chi connectivity index (χ0) is 52.9. The highest BCUT2D eigenvalue weighted by Gasteiger charge is 2.19. The highest BCUT2D eigenvalue weighted by molar-refractivity contribution is 5.71. The zero-order valence-electron chi connectivity index (χ0n) is 49.2. The molecule has 428 valence electrons. The van der Waals surface area contributed by atoms with Crippen molar-refractivity contribution in [2.45, 2.75) is 361 Å². The van der Waals surface area contributed by atoms with Crippen molar-refractivity contribution >= 4 is 17.9 Å².